The maximum absolute atomic E-state index is 12.6. The number of likely N-dealkylation sites (N-methyl/N-ethyl adjacent to an activating group) is 1. The molecule has 146 valence electrons. The van der Waals surface area contributed by atoms with E-state index in [0.29, 0.717) is 30.1 Å². The molecule has 0 bridgehead atoms. The number of rotatable bonds is 8. The summed E-state index contributed by atoms with van der Waals surface area (Å²) in [4.78, 5) is 24.6. The van der Waals surface area contributed by atoms with Crippen LogP contribution in [-0.2, 0) is 11.4 Å². The number of amides is 2. The van der Waals surface area contributed by atoms with Crippen molar-refractivity contribution in [3.63, 3.8) is 0 Å². The zero-order valence-electron chi connectivity index (χ0n) is 16.5. The Morgan fingerprint density at radius 2 is 2.00 bits per heavy atom. The van der Waals surface area contributed by atoms with Crippen molar-refractivity contribution in [2.45, 2.75) is 46.8 Å². The van der Waals surface area contributed by atoms with Gasteiger partial charge in [0.15, 0.2) is 0 Å². The molecule has 7 nitrogen and oxygen atoms in total. The summed E-state index contributed by atoms with van der Waals surface area (Å²) >= 11 is 0. The van der Waals surface area contributed by atoms with Gasteiger partial charge in [-0.15, -0.1) is 0 Å². The summed E-state index contributed by atoms with van der Waals surface area (Å²) in [6.07, 6.45) is 0.563. The molecule has 1 heterocycles. The lowest BCUT2D eigenvalue weighted by molar-refractivity contribution is -0.122. The SMILES string of the molecule is CNC(=O)[C@H](CC(C)C)NC(=O)c1cccc(OCc2c(C)noc2C)c1. The Hall–Kier alpha value is -2.83. The minimum atomic E-state index is -0.575. The Morgan fingerprint density at radius 3 is 2.59 bits per heavy atom. The van der Waals surface area contributed by atoms with E-state index < -0.39 is 6.04 Å². The molecule has 0 radical (unpaired) electrons. The van der Waals surface area contributed by atoms with Crippen molar-refractivity contribution in [2.75, 3.05) is 7.05 Å². The van der Waals surface area contributed by atoms with E-state index in [9.17, 15) is 9.59 Å². The van der Waals surface area contributed by atoms with Gasteiger partial charge < -0.3 is 19.9 Å². The zero-order valence-corrected chi connectivity index (χ0v) is 16.5. The van der Waals surface area contributed by atoms with Crippen LogP contribution in [0.4, 0.5) is 0 Å². The van der Waals surface area contributed by atoms with Crippen LogP contribution in [0, 0.1) is 19.8 Å². The first kappa shape index (κ1) is 20.5. The van der Waals surface area contributed by atoms with Crippen molar-refractivity contribution in [3.05, 3.63) is 46.8 Å². The average molecular weight is 373 g/mol. The van der Waals surface area contributed by atoms with E-state index in [1.165, 1.54) is 0 Å². The second-order valence-corrected chi connectivity index (χ2v) is 6.89. The molecule has 0 spiro atoms. The number of hydrogen-bond donors (Lipinski definition) is 2. The lowest BCUT2D eigenvalue weighted by atomic mass is 10.0. The number of nitrogens with one attached hydrogen (secondary N) is 2. The van der Waals surface area contributed by atoms with Gasteiger partial charge in [-0.2, -0.15) is 0 Å². The molecule has 2 N–H and O–H groups in total. The topological polar surface area (TPSA) is 93.5 Å². The fourth-order valence-electron chi connectivity index (χ4n) is 2.71. The van der Waals surface area contributed by atoms with E-state index in [0.717, 1.165) is 11.3 Å². The van der Waals surface area contributed by atoms with Crippen molar-refractivity contribution >= 4 is 11.8 Å². The Labute approximate surface area is 159 Å². The molecule has 2 rings (SSSR count). The molecule has 0 saturated heterocycles. The van der Waals surface area contributed by atoms with Crippen LogP contribution in [0.2, 0.25) is 0 Å². The molecule has 0 unspecified atom stereocenters. The summed E-state index contributed by atoms with van der Waals surface area (Å²) in [5, 5.41) is 9.29. The fraction of sp³-hybridized carbons (Fsp3) is 0.450. The van der Waals surface area contributed by atoms with E-state index in [1.54, 1.807) is 31.3 Å². The normalized spacial score (nSPS) is 11.9. The van der Waals surface area contributed by atoms with Gasteiger partial charge in [-0.25, -0.2) is 0 Å². The molecular formula is C20H27N3O4. The largest absolute Gasteiger partial charge is 0.489 e. The van der Waals surface area contributed by atoms with Crippen molar-refractivity contribution in [1.29, 1.82) is 0 Å². The number of aryl methyl sites for hydroxylation is 2. The maximum Gasteiger partial charge on any atom is 0.252 e. The first-order valence-electron chi connectivity index (χ1n) is 8.98. The van der Waals surface area contributed by atoms with Crippen LogP contribution in [0.1, 0.15) is 47.6 Å². The lowest BCUT2D eigenvalue weighted by Gasteiger charge is -2.19. The van der Waals surface area contributed by atoms with Gasteiger partial charge in [-0.3, -0.25) is 9.59 Å². The second-order valence-electron chi connectivity index (χ2n) is 6.89. The third kappa shape index (κ3) is 5.57. The van der Waals surface area contributed by atoms with Crippen LogP contribution in [-0.4, -0.2) is 30.1 Å². The minimum Gasteiger partial charge on any atom is -0.489 e. The van der Waals surface area contributed by atoms with E-state index in [2.05, 4.69) is 15.8 Å². The number of carbonyl (C=O) groups excluding carboxylic acids is 2. The standard InChI is InChI=1S/C20H27N3O4/c1-12(2)9-18(20(25)21-5)22-19(24)15-7-6-8-16(10-15)26-11-17-13(3)23-27-14(17)4/h6-8,10,12,18H,9,11H2,1-5H3,(H,21,25)(H,22,24)/t18-/m0/s1. The Morgan fingerprint density at radius 1 is 1.26 bits per heavy atom. The fourth-order valence-corrected chi connectivity index (χ4v) is 2.71. The first-order valence-corrected chi connectivity index (χ1v) is 8.98. The van der Waals surface area contributed by atoms with Gasteiger partial charge in [0.05, 0.1) is 11.3 Å². The molecule has 1 aromatic heterocycles. The van der Waals surface area contributed by atoms with Crippen molar-refractivity contribution < 1.29 is 18.8 Å². The van der Waals surface area contributed by atoms with Gasteiger partial charge in [-0.05, 0) is 44.4 Å². The number of ether oxygens (including phenoxy) is 1. The van der Waals surface area contributed by atoms with E-state index in [-0.39, 0.29) is 17.7 Å². The molecule has 0 aliphatic rings. The van der Waals surface area contributed by atoms with Crippen LogP contribution in [0.5, 0.6) is 5.75 Å². The quantitative estimate of drug-likeness (QED) is 0.742. The van der Waals surface area contributed by atoms with Gasteiger partial charge >= 0.3 is 0 Å². The number of carbonyl (C=O) groups is 2. The third-order valence-corrected chi connectivity index (χ3v) is 4.24. The molecule has 2 amide bonds. The molecule has 27 heavy (non-hydrogen) atoms. The van der Waals surface area contributed by atoms with E-state index in [4.69, 9.17) is 9.26 Å². The minimum absolute atomic E-state index is 0.206. The van der Waals surface area contributed by atoms with E-state index >= 15 is 0 Å². The Kier molecular flexibility index (Phi) is 6.98. The first-order chi connectivity index (χ1) is 12.8. The predicted molar refractivity (Wildman–Crippen MR) is 102 cm³/mol. The Bertz CT molecular complexity index is 779. The van der Waals surface area contributed by atoms with Crippen LogP contribution < -0.4 is 15.4 Å². The Balaban J connectivity index is 2.06. The number of nitrogens with zero attached hydrogens (tertiary/aromatic N) is 1. The summed E-state index contributed by atoms with van der Waals surface area (Å²) in [7, 11) is 1.56. The highest BCUT2D eigenvalue weighted by molar-refractivity contribution is 5.97. The van der Waals surface area contributed by atoms with Crippen LogP contribution in [0.15, 0.2) is 28.8 Å². The van der Waals surface area contributed by atoms with E-state index in [1.807, 2.05) is 27.7 Å². The van der Waals surface area contributed by atoms with Gasteiger partial charge in [-0.1, -0.05) is 25.1 Å². The molecule has 0 aliphatic carbocycles. The monoisotopic (exact) mass is 373 g/mol. The molecule has 1 atom stereocenters. The molecule has 1 aromatic carbocycles. The van der Waals surface area contributed by atoms with Gasteiger partial charge in [0.25, 0.3) is 5.91 Å². The highest BCUT2D eigenvalue weighted by atomic mass is 16.5. The third-order valence-electron chi connectivity index (χ3n) is 4.24. The highest BCUT2D eigenvalue weighted by Crippen LogP contribution is 2.19. The summed E-state index contributed by atoms with van der Waals surface area (Å²) in [6.45, 7) is 8.00. The molecule has 0 aliphatic heterocycles. The smallest absolute Gasteiger partial charge is 0.252 e. The van der Waals surface area contributed by atoms with Gasteiger partial charge in [0.1, 0.15) is 24.2 Å². The zero-order chi connectivity index (χ0) is 20.0. The lowest BCUT2D eigenvalue weighted by Crippen LogP contribution is -2.46. The summed E-state index contributed by atoms with van der Waals surface area (Å²) in [6, 6.07) is 6.29. The summed E-state index contributed by atoms with van der Waals surface area (Å²) in [5.74, 6) is 1.03. The molecular weight excluding hydrogens is 346 g/mol. The van der Waals surface area contributed by atoms with Crippen molar-refractivity contribution in [1.82, 2.24) is 15.8 Å². The molecule has 7 heteroatoms. The highest BCUT2D eigenvalue weighted by Gasteiger charge is 2.21. The molecule has 0 fully saturated rings. The summed E-state index contributed by atoms with van der Waals surface area (Å²) in [5.41, 5.74) is 2.11. The number of aromatic nitrogens is 1. The van der Waals surface area contributed by atoms with Crippen LogP contribution >= 0.6 is 0 Å². The molecule has 0 saturated carbocycles. The van der Waals surface area contributed by atoms with Crippen LogP contribution in [0.25, 0.3) is 0 Å². The maximum atomic E-state index is 12.6. The second kappa shape index (κ2) is 9.21. The summed E-state index contributed by atoms with van der Waals surface area (Å²) < 4.78 is 10.9. The van der Waals surface area contributed by atoms with Crippen LogP contribution in [0.3, 0.4) is 0 Å². The van der Waals surface area contributed by atoms with Crippen molar-refractivity contribution in [3.8, 4) is 5.75 Å². The van der Waals surface area contributed by atoms with Gasteiger partial charge in [0, 0.05) is 12.6 Å². The van der Waals surface area contributed by atoms with Crippen molar-refractivity contribution in [2.24, 2.45) is 5.92 Å². The van der Waals surface area contributed by atoms with Gasteiger partial charge in [0.2, 0.25) is 5.91 Å². The number of benzene rings is 1. The number of hydrogen-bond acceptors (Lipinski definition) is 5. The molecule has 2 aromatic rings. The predicted octanol–water partition coefficient (Wildman–Crippen LogP) is 2.76. The average Bonchev–Trinajstić information content (AvgIpc) is 2.96.